The van der Waals surface area contributed by atoms with Crippen molar-refractivity contribution in [1.82, 2.24) is 20.3 Å². The van der Waals surface area contributed by atoms with Crippen LogP contribution < -0.4 is 10.6 Å². The Balaban J connectivity index is 1.43. The zero-order chi connectivity index (χ0) is 18.6. The van der Waals surface area contributed by atoms with Gasteiger partial charge in [0, 0.05) is 18.8 Å². The Morgan fingerprint density at radius 1 is 1.26 bits per heavy atom. The zero-order valence-electron chi connectivity index (χ0n) is 15.1. The lowest BCUT2D eigenvalue weighted by Crippen LogP contribution is -2.33. The van der Waals surface area contributed by atoms with Crippen molar-refractivity contribution >= 4 is 11.6 Å². The van der Waals surface area contributed by atoms with Crippen molar-refractivity contribution in [2.45, 2.75) is 13.0 Å². The third kappa shape index (κ3) is 4.05. The molecule has 1 saturated heterocycles. The van der Waals surface area contributed by atoms with E-state index in [4.69, 9.17) is 4.74 Å². The van der Waals surface area contributed by atoms with Crippen LogP contribution in [0.2, 0.25) is 0 Å². The Morgan fingerprint density at radius 3 is 2.85 bits per heavy atom. The van der Waals surface area contributed by atoms with Gasteiger partial charge in [0.05, 0.1) is 24.6 Å². The first-order valence-corrected chi connectivity index (χ1v) is 8.92. The van der Waals surface area contributed by atoms with E-state index in [1.165, 1.54) is 0 Å². The molecule has 0 bridgehead atoms. The van der Waals surface area contributed by atoms with Gasteiger partial charge >= 0.3 is 0 Å². The van der Waals surface area contributed by atoms with Gasteiger partial charge in [-0.05, 0) is 42.3 Å². The van der Waals surface area contributed by atoms with Gasteiger partial charge in [0.1, 0.15) is 0 Å². The number of aromatic nitrogens is 3. The van der Waals surface area contributed by atoms with E-state index in [-0.39, 0.29) is 17.7 Å². The number of benzene rings is 2. The minimum absolute atomic E-state index is 0.0535. The summed E-state index contributed by atoms with van der Waals surface area (Å²) in [5, 5.41) is 14.2. The maximum atomic E-state index is 12.5. The number of nitrogens with zero attached hydrogens (tertiary/aromatic N) is 3. The average Bonchev–Trinajstić information content (AvgIpc) is 3.20. The van der Waals surface area contributed by atoms with Crippen molar-refractivity contribution in [3.63, 3.8) is 0 Å². The molecule has 1 aliphatic rings. The van der Waals surface area contributed by atoms with E-state index in [9.17, 15) is 4.79 Å². The van der Waals surface area contributed by atoms with Gasteiger partial charge in [-0.25, -0.2) is 4.68 Å². The summed E-state index contributed by atoms with van der Waals surface area (Å²) < 4.78 is 7.33. The van der Waals surface area contributed by atoms with Gasteiger partial charge in [-0.3, -0.25) is 4.79 Å². The summed E-state index contributed by atoms with van der Waals surface area (Å²) in [4.78, 5) is 12.5. The molecule has 4 rings (SSSR count). The molecule has 0 spiro atoms. The second-order valence-corrected chi connectivity index (χ2v) is 6.53. The fourth-order valence-electron chi connectivity index (χ4n) is 3.02. The lowest BCUT2D eigenvalue weighted by Gasteiger charge is -2.24. The standard InChI is InChI=1S/C20H21N5O2/c1-14-3-2-4-17(11-14)25-13-18(23-24-25)20(26)22-16-7-5-15(6-8-16)19-12-21-9-10-27-19/h2-8,11,13,19,21H,9-10,12H2,1H3,(H,22,26). The highest BCUT2D eigenvalue weighted by molar-refractivity contribution is 6.02. The van der Waals surface area contributed by atoms with Crippen LogP contribution in [0.15, 0.2) is 54.7 Å². The monoisotopic (exact) mass is 363 g/mol. The number of amides is 1. The van der Waals surface area contributed by atoms with Crippen LogP contribution in [0.3, 0.4) is 0 Å². The average molecular weight is 363 g/mol. The fourth-order valence-corrected chi connectivity index (χ4v) is 3.02. The molecule has 1 amide bonds. The number of morpholine rings is 1. The van der Waals surface area contributed by atoms with Crippen LogP contribution in [0, 0.1) is 6.92 Å². The number of hydrogen-bond acceptors (Lipinski definition) is 5. The van der Waals surface area contributed by atoms with Gasteiger partial charge in [0.2, 0.25) is 0 Å². The van der Waals surface area contributed by atoms with E-state index in [1.807, 2.05) is 55.5 Å². The second-order valence-electron chi connectivity index (χ2n) is 6.53. The Bertz CT molecular complexity index is 930. The van der Waals surface area contributed by atoms with Gasteiger partial charge in [0.15, 0.2) is 5.69 Å². The largest absolute Gasteiger partial charge is 0.371 e. The smallest absolute Gasteiger partial charge is 0.277 e. The molecule has 27 heavy (non-hydrogen) atoms. The fraction of sp³-hybridized carbons (Fsp3) is 0.250. The molecule has 7 heteroatoms. The van der Waals surface area contributed by atoms with Crippen molar-refractivity contribution in [3.05, 3.63) is 71.5 Å². The Kier molecular flexibility index (Phi) is 4.95. The molecule has 0 radical (unpaired) electrons. The lowest BCUT2D eigenvalue weighted by atomic mass is 10.1. The number of nitrogens with one attached hydrogen (secondary N) is 2. The number of ether oxygens (including phenoxy) is 1. The third-order valence-electron chi connectivity index (χ3n) is 4.46. The van der Waals surface area contributed by atoms with Crippen molar-refractivity contribution in [2.24, 2.45) is 0 Å². The molecule has 2 aromatic carbocycles. The van der Waals surface area contributed by atoms with Crippen LogP contribution in [-0.2, 0) is 4.74 Å². The highest BCUT2D eigenvalue weighted by Crippen LogP contribution is 2.21. The topological polar surface area (TPSA) is 81.1 Å². The quantitative estimate of drug-likeness (QED) is 0.744. The number of hydrogen-bond donors (Lipinski definition) is 2. The molecule has 0 saturated carbocycles. The zero-order valence-corrected chi connectivity index (χ0v) is 15.1. The van der Waals surface area contributed by atoms with Gasteiger partial charge in [-0.2, -0.15) is 0 Å². The first kappa shape index (κ1) is 17.4. The van der Waals surface area contributed by atoms with Crippen molar-refractivity contribution in [1.29, 1.82) is 0 Å². The molecule has 2 heterocycles. The predicted molar refractivity (Wildman–Crippen MR) is 102 cm³/mol. The van der Waals surface area contributed by atoms with Crippen LogP contribution in [0.25, 0.3) is 5.69 Å². The van der Waals surface area contributed by atoms with Gasteiger partial charge in [0.25, 0.3) is 5.91 Å². The summed E-state index contributed by atoms with van der Waals surface area (Å²) in [7, 11) is 0. The van der Waals surface area contributed by atoms with Crippen molar-refractivity contribution in [3.8, 4) is 5.69 Å². The maximum absolute atomic E-state index is 12.5. The molecular weight excluding hydrogens is 342 g/mol. The molecule has 7 nitrogen and oxygen atoms in total. The number of anilines is 1. The van der Waals surface area contributed by atoms with E-state index < -0.39 is 0 Å². The molecule has 1 aromatic heterocycles. The SMILES string of the molecule is Cc1cccc(-n2cc(C(=O)Nc3ccc(C4CNCCO4)cc3)nn2)c1. The Hall–Kier alpha value is -3.03. The normalized spacial score (nSPS) is 16.9. The van der Waals surface area contributed by atoms with E-state index in [0.717, 1.165) is 29.9 Å². The van der Waals surface area contributed by atoms with Gasteiger partial charge < -0.3 is 15.4 Å². The summed E-state index contributed by atoms with van der Waals surface area (Å²) in [6, 6.07) is 15.5. The summed E-state index contributed by atoms with van der Waals surface area (Å²) in [6.45, 7) is 4.40. The lowest BCUT2D eigenvalue weighted by molar-refractivity contribution is 0.0277. The summed E-state index contributed by atoms with van der Waals surface area (Å²) in [6.07, 6.45) is 1.68. The molecule has 1 aliphatic heterocycles. The number of rotatable bonds is 4. The second kappa shape index (κ2) is 7.69. The first-order chi connectivity index (χ1) is 13.2. The third-order valence-corrected chi connectivity index (χ3v) is 4.46. The minimum atomic E-state index is -0.294. The molecule has 138 valence electrons. The van der Waals surface area contributed by atoms with E-state index in [1.54, 1.807) is 10.9 Å². The first-order valence-electron chi connectivity index (χ1n) is 8.92. The van der Waals surface area contributed by atoms with Crippen molar-refractivity contribution < 1.29 is 9.53 Å². The molecule has 3 aromatic rings. The minimum Gasteiger partial charge on any atom is -0.371 e. The number of carbonyl (C=O) groups excluding carboxylic acids is 1. The number of aryl methyl sites for hydroxylation is 1. The molecule has 2 N–H and O–H groups in total. The maximum Gasteiger partial charge on any atom is 0.277 e. The van der Waals surface area contributed by atoms with Gasteiger partial charge in [-0.1, -0.05) is 29.5 Å². The molecule has 1 fully saturated rings. The summed E-state index contributed by atoms with van der Waals surface area (Å²) in [5.41, 5.74) is 4.04. The van der Waals surface area contributed by atoms with E-state index in [2.05, 4.69) is 20.9 Å². The van der Waals surface area contributed by atoms with Crippen LogP contribution in [-0.4, -0.2) is 40.6 Å². The van der Waals surface area contributed by atoms with E-state index in [0.29, 0.717) is 12.3 Å². The van der Waals surface area contributed by atoms with Crippen LogP contribution >= 0.6 is 0 Å². The van der Waals surface area contributed by atoms with Gasteiger partial charge in [-0.15, -0.1) is 5.10 Å². The summed E-state index contributed by atoms with van der Waals surface area (Å²) >= 11 is 0. The Labute approximate surface area is 157 Å². The number of carbonyl (C=O) groups is 1. The van der Waals surface area contributed by atoms with Crippen LogP contribution in [0.4, 0.5) is 5.69 Å². The molecule has 0 aliphatic carbocycles. The molecule has 1 unspecified atom stereocenters. The molecular formula is C20H21N5O2. The highest BCUT2D eigenvalue weighted by atomic mass is 16.5. The van der Waals surface area contributed by atoms with Crippen molar-refractivity contribution in [2.75, 3.05) is 25.0 Å². The molecule has 1 atom stereocenters. The Morgan fingerprint density at radius 2 is 2.11 bits per heavy atom. The predicted octanol–water partition coefficient (Wildman–Crippen LogP) is 2.49. The van der Waals surface area contributed by atoms with Crippen LogP contribution in [0.1, 0.15) is 27.7 Å². The van der Waals surface area contributed by atoms with Crippen LogP contribution in [0.5, 0.6) is 0 Å². The summed E-state index contributed by atoms with van der Waals surface area (Å²) in [5.74, 6) is -0.294. The highest BCUT2D eigenvalue weighted by Gasteiger charge is 2.16. The van der Waals surface area contributed by atoms with E-state index >= 15 is 0 Å².